The van der Waals surface area contributed by atoms with Gasteiger partial charge in [-0.05, 0) is 31.0 Å². The Morgan fingerprint density at radius 3 is 2.47 bits per heavy atom. The first-order chi connectivity index (χ1) is 7.25. The van der Waals surface area contributed by atoms with E-state index in [0.717, 1.165) is 5.56 Å². The van der Waals surface area contributed by atoms with Crippen LogP contribution in [0.5, 0.6) is 0 Å². The van der Waals surface area contributed by atoms with Crippen LogP contribution in [0.2, 0.25) is 0 Å². The standard InChI is InChI=1S/C13H16N2/c14-12-8-7-11(9-13(12)15)6-5-10-3-1-2-4-10/h7-10H,1-4,14-15H2. The number of anilines is 2. The molecule has 2 rings (SSSR count). The Hall–Kier alpha value is -1.62. The molecule has 0 aromatic heterocycles. The molecule has 1 aromatic carbocycles. The molecular weight excluding hydrogens is 184 g/mol. The molecule has 0 spiro atoms. The van der Waals surface area contributed by atoms with Crippen molar-refractivity contribution in [3.8, 4) is 11.8 Å². The van der Waals surface area contributed by atoms with Crippen LogP contribution >= 0.6 is 0 Å². The highest BCUT2D eigenvalue weighted by Crippen LogP contribution is 2.24. The van der Waals surface area contributed by atoms with Gasteiger partial charge in [0.1, 0.15) is 0 Å². The van der Waals surface area contributed by atoms with Crippen molar-refractivity contribution in [3.63, 3.8) is 0 Å². The molecule has 0 saturated heterocycles. The van der Waals surface area contributed by atoms with Crippen molar-refractivity contribution in [2.45, 2.75) is 25.7 Å². The van der Waals surface area contributed by atoms with Crippen LogP contribution in [0.15, 0.2) is 18.2 Å². The summed E-state index contributed by atoms with van der Waals surface area (Å²) in [5, 5.41) is 0. The Kier molecular flexibility index (Phi) is 2.82. The number of rotatable bonds is 0. The lowest BCUT2D eigenvalue weighted by Crippen LogP contribution is -1.94. The fourth-order valence-electron chi connectivity index (χ4n) is 1.91. The highest BCUT2D eigenvalue weighted by molar-refractivity contribution is 5.65. The number of hydrogen-bond donors (Lipinski definition) is 2. The van der Waals surface area contributed by atoms with Gasteiger partial charge in [0.15, 0.2) is 0 Å². The molecule has 0 amide bonds. The molecule has 0 heterocycles. The Bertz CT molecular complexity index is 406. The van der Waals surface area contributed by atoms with E-state index in [9.17, 15) is 0 Å². The van der Waals surface area contributed by atoms with E-state index < -0.39 is 0 Å². The van der Waals surface area contributed by atoms with Crippen LogP contribution < -0.4 is 11.5 Å². The van der Waals surface area contributed by atoms with E-state index in [2.05, 4.69) is 11.8 Å². The molecule has 1 fully saturated rings. The molecule has 1 aliphatic rings. The largest absolute Gasteiger partial charge is 0.397 e. The molecule has 2 heteroatoms. The summed E-state index contributed by atoms with van der Waals surface area (Å²) in [5.74, 6) is 7.05. The van der Waals surface area contributed by atoms with Crippen molar-refractivity contribution in [3.05, 3.63) is 23.8 Å². The van der Waals surface area contributed by atoms with E-state index in [0.29, 0.717) is 17.3 Å². The van der Waals surface area contributed by atoms with Gasteiger partial charge in [-0.1, -0.05) is 24.7 Å². The first-order valence-corrected chi connectivity index (χ1v) is 5.42. The molecule has 0 unspecified atom stereocenters. The molecule has 4 N–H and O–H groups in total. The Morgan fingerprint density at radius 1 is 1.07 bits per heavy atom. The maximum absolute atomic E-state index is 5.71. The molecule has 0 radical (unpaired) electrons. The minimum absolute atomic E-state index is 0.587. The molecule has 1 aliphatic carbocycles. The smallest absolute Gasteiger partial charge is 0.0560 e. The summed E-state index contributed by atoms with van der Waals surface area (Å²) in [6.45, 7) is 0. The third kappa shape index (κ3) is 2.44. The number of nitrogen functional groups attached to an aromatic ring is 2. The molecule has 15 heavy (non-hydrogen) atoms. The molecule has 78 valence electrons. The van der Waals surface area contributed by atoms with Gasteiger partial charge in [0.2, 0.25) is 0 Å². The first kappa shape index (κ1) is 9.92. The summed E-state index contributed by atoms with van der Waals surface area (Å²) < 4.78 is 0. The minimum Gasteiger partial charge on any atom is -0.397 e. The van der Waals surface area contributed by atoms with Crippen LogP contribution in [-0.2, 0) is 0 Å². The van der Waals surface area contributed by atoms with Crippen LogP contribution in [0.25, 0.3) is 0 Å². The molecule has 1 saturated carbocycles. The monoisotopic (exact) mass is 200 g/mol. The predicted octanol–water partition coefficient (Wildman–Crippen LogP) is 2.39. The lowest BCUT2D eigenvalue weighted by atomic mass is 10.1. The predicted molar refractivity (Wildman–Crippen MR) is 64.1 cm³/mol. The van der Waals surface area contributed by atoms with Gasteiger partial charge in [0.25, 0.3) is 0 Å². The Labute approximate surface area is 90.7 Å². The van der Waals surface area contributed by atoms with Gasteiger partial charge in [-0.2, -0.15) is 0 Å². The highest BCUT2D eigenvalue weighted by atomic mass is 14.7. The second-order valence-electron chi connectivity index (χ2n) is 4.09. The molecule has 0 bridgehead atoms. The van der Waals surface area contributed by atoms with Crippen molar-refractivity contribution in [1.82, 2.24) is 0 Å². The summed E-state index contributed by atoms with van der Waals surface area (Å²) in [4.78, 5) is 0. The maximum atomic E-state index is 5.71. The van der Waals surface area contributed by atoms with Gasteiger partial charge >= 0.3 is 0 Å². The highest BCUT2D eigenvalue weighted by Gasteiger charge is 2.11. The van der Waals surface area contributed by atoms with Crippen LogP contribution in [-0.4, -0.2) is 0 Å². The summed E-state index contributed by atoms with van der Waals surface area (Å²) in [5.41, 5.74) is 13.6. The number of benzene rings is 1. The van der Waals surface area contributed by atoms with Crippen molar-refractivity contribution in [2.24, 2.45) is 5.92 Å². The van der Waals surface area contributed by atoms with E-state index in [1.165, 1.54) is 25.7 Å². The zero-order valence-electron chi connectivity index (χ0n) is 8.79. The van der Waals surface area contributed by atoms with Crippen LogP contribution in [0.4, 0.5) is 11.4 Å². The third-order valence-electron chi connectivity index (χ3n) is 2.86. The SMILES string of the molecule is Nc1ccc(C#CC2CCCC2)cc1N. The quantitative estimate of drug-likeness (QED) is 0.499. The van der Waals surface area contributed by atoms with Crippen molar-refractivity contribution >= 4 is 11.4 Å². The number of nitrogens with two attached hydrogens (primary N) is 2. The van der Waals surface area contributed by atoms with Gasteiger partial charge in [-0.25, -0.2) is 0 Å². The summed E-state index contributed by atoms with van der Waals surface area (Å²) >= 11 is 0. The van der Waals surface area contributed by atoms with Crippen LogP contribution in [0, 0.1) is 17.8 Å². The third-order valence-corrected chi connectivity index (χ3v) is 2.86. The average Bonchev–Trinajstić information content (AvgIpc) is 2.73. The summed E-state index contributed by atoms with van der Waals surface area (Å²) in [7, 11) is 0. The fourth-order valence-corrected chi connectivity index (χ4v) is 1.91. The zero-order valence-corrected chi connectivity index (χ0v) is 8.79. The second kappa shape index (κ2) is 4.27. The first-order valence-electron chi connectivity index (χ1n) is 5.42. The van der Waals surface area contributed by atoms with E-state index in [-0.39, 0.29) is 0 Å². The Morgan fingerprint density at radius 2 is 1.80 bits per heavy atom. The van der Waals surface area contributed by atoms with Crippen LogP contribution in [0.3, 0.4) is 0 Å². The molecule has 2 nitrogen and oxygen atoms in total. The molecule has 0 aliphatic heterocycles. The lowest BCUT2D eigenvalue weighted by Gasteiger charge is -2.00. The lowest BCUT2D eigenvalue weighted by molar-refractivity contribution is 0.712. The van der Waals surface area contributed by atoms with Crippen molar-refractivity contribution < 1.29 is 0 Å². The van der Waals surface area contributed by atoms with E-state index in [1.54, 1.807) is 0 Å². The van der Waals surface area contributed by atoms with Gasteiger partial charge in [-0.3, -0.25) is 0 Å². The second-order valence-corrected chi connectivity index (χ2v) is 4.09. The molecular formula is C13H16N2. The molecule has 0 atom stereocenters. The van der Waals surface area contributed by atoms with Gasteiger partial charge in [0, 0.05) is 11.5 Å². The maximum Gasteiger partial charge on any atom is 0.0560 e. The van der Waals surface area contributed by atoms with E-state index in [4.69, 9.17) is 11.5 Å². The van der Waals surface area contributed by atoms with Crippen molar-refractivity contribution in [1.29, 1.82) is 0 Å². The van der Waals surface area contributed by atoms with Gasteiger partial charge in [0.05, 0.1) is 11.4 Å². The van der Waals surface area contributed by atoms with Gasteiger partial charge in [-0.15, -0.1) is 0 Å². The minimum atomic E-state index is 0.587. The number of hydrogen-bond acceptors (Lipinski definition) is 2. The van der Waals surface area contributed by atoms with Crippen molar-refractivity contribution in [2.75, 3.05) is 11.5 Å². The van der Waals surface area contributed by atoms with Crippen LogP contribution in [0.1, 0.15) is 31.2 Å². The van der Waals surface area contributed by atoms with E-state index >= 15 is 0 Å². The van der Waals surface area contributed by atoms with E-state index in [1.807, 2.05) is 18.2 Å². The molecule has 1 aromatic rings. The van der Waals surface area contributed by atoms with Gasteiger partial charge < -0.3 is 11.5 Å². The zero-order chi connectivity index (χ0) is 10.7. The Balaban J connectivity index is 2.12. The normalized spacial score (nSPS) is 16.0. The fraction of sp³-hybridized carbons (Fsp3) is 0.385. The summed E-state index contributed by atoms with van der Waals surface area (Å²) in [6, 6.07) is 5.58. The summed E-state index contributed by atoms with van der Waals surface area (Å²) in [6.07, 6.45) is 5.14. The topological polar surface area (TPSA) is 52.0 Å². The average molecular weight is 200 g/mol.